The van der Waals surface area contributed by atoms with Gasteiger partial charge in [0.1, 0.15) is 5.75 Å². The molecular weight excluding hydrogens is 302 g/mol. The van der Waals surface area contributed by atoms with Gasteiger partial charge in [-0.3, -0.25) is 0 Å². The number of rotatable bonds is 3. The lowest BCUT2D eigenvalue weighted by Crippen LogP contribution is -2.34. The second-order valence-electron chi connectivity index (χ2n) is 5.44. The summed E-state index contributed by atoms with van der Waals surface area (Å²) in [5.74, 6) is 0.619. The zero-order valence-electron chi connectivity index (χ0n) is 12.5. The number of nitrogens with one attached hydrogen (secondary N) is 1. The number of anilines is 1. The van der Waals surface area contributed by atoms with Crippen molar-refractivity contribution in [3.63, 3.8) is 0 Å². The molecule has 2 nitrogen and oxygen atoms in total. The van der Waals surface area contributed by atoms with E-state index in [1.165, 1.54) is 7.11 Å². The number of fused-ring (bicyclic) bond motifs is 1. The van der Waals surface area contributed by atoms with Crippen molar-refractivity contribution in [2.24, 2.45) is 0 Å². The first-order valence-corrected chi connectivity index (χ1v) is 7.24. The highest BCUT2D eigenvalue weighted by Crippen LogP contribution is 2.36. The normalized spacial score (nSPS) is 13.9. The lowest BCUT2D eigenvalue weighted by molar-refractivity contribution is -0.110. The van der Waals surface area contributed by atoms with Crippen molar-refractivity contribution >= 4 is 24.1 Å². The van der Waals surface area contributed by atoms with Gasteiger partial charge in [-0.1, -0.05) is 36.4 Å². The molecule has 23 heavy (non-hydrogen) atoms. The highest BCUT2D eigenvalue weighted by molar-refractivity contribution is 6.83. The molecule has 0 unspecified atom stereocenters. The summed E-state index contributed by atoms with van der Waals surface area (Å²) in [5.41, 5.74) is 2.93. The zero-order chi connectivity index (χ0) is 16.4. The van der Waals surface area contributed by atoms with Crippen LogP contribution in [0.4, 0.5) is 18.9 Å². The van der Waals surface area contributed by atoms with E-state index in [0.29, 0.717) is 16.9 Å². The van der Waals surface area contributed by atoms with E-state index in [1.54, 1.807) is 36.4 Å². The molecule has 0 radical (unpaired) electrons. The fraction of sp³-hybridized carbons (Fsp3) is 0.176. The fourth-order valence-electron chi connectivity index (χ4n) is 2.77. The molecule has 0 bridgehead atoms. The van der Waals surface area contributed by atoms with Gasteiger partial charge in [0.05, 0.1) is 7.11 Å². The second-order valence-corrected chi connectivity index (χ2v) is 5.44. The molecule has 0 atom stereocenters. The number of benzene rings is 2. The smallest absolute Gasteiger partial charge is 0.385 e. The number of para-hydroxylation sites is 1. The summed E-state index contributed by atoms with van der Waals surface area (Å²) < 4.78 is 44.1. The Kier molecular flexibility index (Phi) is 4.07. The Labute approximate surface area is 133 Å². The number of halogens is 3. The quantitative estimate of drug-likeness (QED) is 0.825. The minimum absolute atomic E-state index is 0.611. The van der Waals surface area contributed by atoms with Gasteiger partial charge in [0, 0.05) is 12.0 Å². The van der Waals surface area contributed by atoms with E-state index >= 15 is 0 Å². The molecule has 0 aromatic heterocycles. The maximum atomic E-state index is 13.0. The highest BCUT2D eigenvalue weighted by atomic mass is 19.4. The summed E-state index contributed by atoms with van der Waals surface area (Å²) in [7, 11) is 1.54. The first-order chi connectivity index (χ1) is 11.0. The van der Waals surface area contributed by atoms with Crippen LogP contribution in [0.25, 0.3) is 11.5 Å². The van der Waals surface area contributed by atoms with Crippen LogP contribution in [0.5, 0.6) is 5.75 Å². The molecule has 118 valence electrons. The zero-order valence-corrected chi connectivity index (χ0v) is 12.5. The fourth-order valence-corrected chi connectivity index (χ4v) is 2.77. The Bertz CT molecular complexity index is 743. The molecule has 1 N–H and O–H groups in total. The summed E-state index contributed by atoms with van der Waals surface area (Å²) in [4.78, 5) is 0. The Morgan fingerprint density at radius 2 is 1.87 bits per heavy atom. The van der Waals surface area contributed by atoms with E-state index in [1.807, 2.05) is 18.2 Å². The molecule has 1 aliphatic rings. The van der Waals surface area contributed by atoms with Crippen LogP contribution in [0.1, 0.15) is 11.1 Å². The molecule has 0 saturated heterocycles. The Morgan fingerprint density at radius 1 is 1.09 bits per heavy atom. The molecule has 0 amide bonds. The van der Waals surface area contributed by atoms with E-state index in [9.17, 15) is 13.2 Å². The average molecular weight is 317 g/mol. The molecule has 3 rings (SSSR count). The lowest BCUT2D eigenvalue weighted by atomic mass is 9.49. The van der Waals surface area contributed by atoms with Crippen molar-refractivity contribution in [3.05, 3.63) is 59.7 Å². The standard InChI is InChI=1S/C17H15BF3NO/c1-23-14-7-4-6-12(9-14)15-10-13-5-2-3-8-16(13)22-18(15)11-17(19,20)21/h2-10,22H,11H2,1H3. The van der Waals surface area contributed by atoms with Crippen molar-refractivity contribution in [1.29, 1.82) is 0 Å². The van der Waals surface area contributed by atoms with Gasteiger partial charge >= 0.3 is 6.18 Å². The predicted molar refractivity (Wildman–Crippen MR) is 87.5 cm³/mol. The summed E-state index contributed by atoms with van der Waals surface area (Å²) >= 11 is 0. The van der Waals surface area contributed by atoms with Crippen LogP contribution in [-0.4, -0.2) is 20.1 Å². The van der Waals surface area contributed by atoms with Crippen molar-refractivity contribution < 1.29 is 17.9 Å². The van der Waals surface area contributed by atoms with Crippen LogP contribution in [0.2, 0.25) is 6.32 Å². The number of hydrogen-bond donors (Lipinski definition) is 1. The first-order valence-electron chi connectivity index (χ1n) is 7.24. The van der Waals surface area contributed by atoms with Crippen molar-refractivity contribution in [2.75, 3.05) is 12.3 Å². The summed E-state index contributed by atoms with van der Waals surface area (Å²) in [6.45, 7) is -0.822. The van der Waals surface area contributed by atoms with E-state index in [2.05, 4.69) is 5.23 Å². The van der Waals surface area contributed by atoms with E-state index < -0.39 is 19.3 Å². The highest BCUT2D eigenvalue weighted by Gasteiger charge is 2.38. The maximum Gasteiger partial charge on any atom is 0.385 e. The minimum Gasteiger partial charge on any atom is -0.497 e. The molecule has 2 aromatic rings. The van der Waals surface area contributed by atoms with Crippen molar-refractivity contribution in [3.8, 4) is 5.75 Å². The molecule has 0 saturated carbocycles. The van der Waals surface area contributed by atoms with E-state index in [4.69, 9.17) is 4.74 Å². The molecule has 1 aliphatic heterocycles. The lowest BCUT2D eigenvalue weighted by Gasteiger charge is -2.27. The SMILES string of the molecule is COc1cccc(C2=Cc3ccccc3NB2CC(F)(F)F)c1. The van der Waals surface area contributed by atoms with Crippen molar-refractivity contribution in [1.82, 2.24) is 0 Å². The molecular formula is C17H15BF3NO. The Morgan fingerprint density at radius 3 is 2.61 bits per heavy atom. The van der Waals surface area contributed by atoms with Gasteiger partial charge in [-0.15, -0.1) is 0 Å². The number of methoxy groups -OCH3 is 1. The van der Waals surface area contributed by atoms with Crippen LogP contribution in [-0.2, 0) is 0 Å². The molecule has 0 spiro atoms. The first kappa shape index (κ1) is 15.5. The Balaban J connectivity index is 2.06. The largest absolute Gasteiger partial charge is 0.497 e. The summed E-state index contributed by atoms with van der Waals surface area (Å²) in [6.07, 6.45) is -3.36. The third-order valence-electron chi connectivity index (χ3n) is 3.82. The van der Waals surface area contributed by atoms with Gasteiger partial charge in [-0.25, -0.2) is 0 Å². The van der Waals surface area contributed by atoms with Crippen LogP contribution in [0.15, 0.2) is 48.5 Å². The minimum atomic E-state index is -4.25. The van der Waals surface area contributed by atoms with Gasteiger partial charge < -0.3 is 9.96 Å². The third kappa shape index (κ3) is 3.52. The molecule has 1 heterocycles. The topological polar surface area (TPSA) is 21.3 Å². The summed E-state index contributed by atoms with van der Waals surface area (Å²) in [5, 5.41) is 3.01. The van der Waals surface area contributed by atoms with Crippen LogP contribution >= 0.6 is 0 Å². The van der Waals surface area contributed by atoms with Gasteiger partial charge in [0.15, 0.2) is 0 Å². The maximum absolute atomic E-state index is 13.0. The molecule has 2 aromatic carbocycles. The number of ether oxygens (including phenoxy) is 1. The van der Waals surface area contributed by atoms with Crippen LogP contribution in [0, 0.1) is 0 Å². The number of alkyl halides is 3. The molecule has 0 aliphatic carbocycles. The Hall–Kier alpha value is -2.37. The van der Waals surface area contributed by atoms with Crippen LogP contribution in [0.3, 0.4) is 0 Å². The van der Waals surface area contributed by atoms with Gasteiger partial charge in [-0.05, 0) is 34.8 Å². The van der Waals surface area contributed by atoms with E-state index in [0.717, 1.165) is 11.1 Å². The van der Waals surface area contributed by atoms with Crippen LogP contribution < -0.4 is 9.96 Å². The van der Waals surface area contributed by atoms with Gasteiger partial charge in [-0.2, -0.15) is 13.2 Å². The summed E-state index contributed by atoms with van der Waals surface area (Å²) in [6, 6.07) is 14.4. The predicted octanol–water partition coefficient (Wildman–Crippen LogP) is 4.75. The van der Waals surface area contributed by atoms with Gasteiger partial charge in [0.2, 0.25) is 0 Å². The van der Waals surface area contributed by atoms with Gasteiger partial charge in [0.25, 0.3) is 6.85 Å². The molecule has 6 heteroatoms. The molecule has 0 fully saturated rings. The average Bonchev–Trinajstić information content (AvgIpc) is 2.53. The number of hydrogen-bond acceptors (Lipinski definition) is 2. The third-order valence-corrected chi connectivity index (χ3v) is 3.82. The van der Waals surface area contributed by atoms with Crippen molar-refractivity contribution in [2.45, 2.75) is 12.5 Å². The second kappa shape index (κ2) is 6.03. The van der Waals surface area contributed by atoms with E-state index in [-0.39, 0.29) is 0 Å². The monoisotopic (exact) mass is 317 g/mol.